The Hall–Kier alpha value is -3.24. The molecule has 162 valence electrons. The quantitative estimate of drug-likeness (QED) is 0.538. The molecule has 2 aromatic rings. The molecule has 0 bridgehead atoms. The Kier molecular flexibility index (Phi) is 6.33. The van der Waals surface area contributed by atoms with Crippen molar-refractivity contribution in [2.75, 3.05) is 13.1 Å². The van der Waals surface area contributed by atoms with Gasteiger partial charge in [-0.25, -0.2) is 4.68 Å². The largest absolute Gasteiger partial charge is 0.406 e. The fourth-order valence-electron chi connectivity index (χ4n) is 2.88. The van der Waals surface area contributed by atoms with Crippen molar-refractivity contribution >= 4 is 11.6 Å². The van der Waals surface area contributed by atoms with Gasteiger partial charge in [-0.1, -0.05) is 32.9 Å². The molecule has 2 rings (SSSR count). The summed E-state index contributed by atoms with van der Waals surface area (Å²) in [5.41, 5.74) is -2.46. The topological polar surface area (TPSA) is 98.3 Å². The standard InChI is InChI=1S/C19H21F3N4O4/c1-12-9-15(27)16(17(28)24(10-18(2,3)4)11-19(20,21)22)23-25(12)13-7-5-6-8-14(13)26(29)30/h5-9H,10-11H2,1-4H3. The van der Waals surface area contributed by atoms with Crippen LogP contribution in [-0.2, 0) is 0 Å². The van der Waals surface area contributed by atoms with E-state index >= 15 is 0 Å². The number of aryl methyl sites for hydroxylation is 1. The Labute approximate surface area is 170 Å². The molecular formula is C19H21F3N4O4. The van der Waals surface area contributed by atoms with Crippen molar-refractivity contribution in [3.05, 3.63) is 62.1 Å². The van der Waals surface area contributed by atoms with Gasteiger partial charge in [0, 0.05) is 24.4 Å². The van der Waals surface area contributed by atoms with E-state index in [0.717, 1.165) is 10.7 Å². The summed E-state index contributed by atoms with van der Waals surface area (Å²) in [5.74, 6) is -1.19. The van der Waals surface area contributed by atoms with Gasteiger partial charge in [-0.2, -0.15) is 18.3 Å². The van der Waals surface area contributed by atoms with Crippen LogP contribution in [0.2, 0.25) is 0 Å². The molecule has 0 aliphatic heterocycles. The van der Waals surface area contributed by atoms with Gasteiger partial charge in [0.15, 0.2) is 5.69 Å². The smallest absolute Gasteiger partial charge is 0.327 e. The number of hydrogen-bond acceptors (Lipinski definition) is 5. The number of nitrogens with zero attached hydrogens (tertiary/aromatic N) is 4. The van der Waals surface area contributed by atoms with Crippen molar-refractivity contribution in [1.29, 1.82) is 0 Å². The SMILES string of the molecule is Cc1cc(=O)c(C(=O)N(CC(C)(C)C)CC(F)(F)F)nn1-c1ccccc1[N+](=O)[O-]. The van der Waals surface area contributed by atoms with Crippen LogP contribution in [0.1, 0.15) is 37.0 Å². The minimum absolute atomic E-state index is 0.0211. The van der Waals surface area contributed by atoms with E-state index < -0.39 is 40.1 Å². The predicted octanol–water partition coefficient (Wildman–Crippen LogP) is 3.50. The molecule has 0 fully saturated rings. The van der Waals surface area contributed by atoms with E-state index in [1.807, 2.05) is 0 Å². The van der Waals surface area contributed by atoms with Gasteiger partial charge < -0.3 is 4.90 Å². The predicted molar refractivity (Wildman–Crippen MR) is 103 cm³/mol. The number of aromatic nitrogens is 2. The summed E-state index contributed by atoms with van der Waals surface area (Å²) in [6.45, 7) is 4.57. The molecule has 0 unspecified atom stereocenters. The molecule has 0 radical (unpaired) electrons. The second-order valence-electron chi connectivity index (χ2n) is 7.99. The Morgan fingerprint density at radius 3 is 2.33 bits per heavy atom. The monoisotopic (exact) mass is 426 g/mol. The maximum absolute atomic E-state index is 13.0. The third-order valence-corrected chi connectivity index (χ3v) is 3.94. The van der Waals surface area contributed by atoms with Crippen LogP contribution in [0.4, 0.5) is 18.9 Å². The minimum atomic E-state index is -4.68. The number of amides is 1. The zero-order chi connectivity index (χ0) is 22.9. The first-order valence-corrected chi connectivity index (χ1v) is 8.90. The number of carbonyl (C=O) groups excluding carboxylic acids is 1. The van der Waals surface area contributed by atoms with E-state index in [1.54, 1.807) is 20.8 Å². The van der Waals surface area contributed by atoms with Crippen LogP contribution in [0.25, 0.3) is 5.69 Å². The summed E-state index contributed by atoms with van der Waals surface area (Å²) in [5, 5.41) is 15.2. The molecule has 0 saturated heterocycles. The fourth-order valence-corrected chi connectivity index (χ4v) is 2.88. The molecule has 1 heterocycles. The molecule has 8 nitrogen and oxygen atoms in total. The van der Waals surface area contributed by atoms with Crippen LogP contribution in [0.15, 0.2) is 35.1 Å². The molecule has 1 aromatic heterocycles. The Morgan fingerprint density at radius 2 is 1.80 bits per heavy atom. The molecule has 1 amide bonds. The lowest BCUT2D eigenvalue weighted by Crippen LogP contribution is -2.45. The van der Waals surface area contributed by atoms with E-state index in [0.29, 0.717) is 4.90 Å². The van der Waals surface area contributed by atoms with E-state index in [9.17, 15) is 32.9 Å². The van der Waals surface area contributed by atoms with Crippen molar-refractivity contribution in [1.82, 2.24) is 14.7 Å². The summed E-state index contributed by atoms with van der Waals surface area (Å²) in [7, 11) is 0. The molecule has 0 aliphatic rings. The van der Waals surface area contributed by atoms with E-state index in [-0.39, 0.29) is 23.6 Å². The van der Waals surface area contributed by atoms with E-state index in [2.05, 4.69) is 5.10 Å². The van der Waals surface area contributed by atoms with Crippen LogP contribution in [-0.4, -0.2) is 44.8 Å². The van der Waals surface area contributed by atoms with Crippen LogP contribution in [0.3, 0.4) is 0 Å². The highest BCUT2D eigenvalue weighted by Crippen LogP contribution is 2.24. The number of rotatable bonds is 5. The minimum Gasteiger partial charge on any atom is -0.327 e. The molecular weight excluding hydrogens is 405 g/mol. The van der Waals surface area contributed by atoms with Gasteiger partial charge in [-0.3, -0.25) is 19.7 Å². The first-order valence-electron chi connectivity index (χ1n) is 8.90. The maximum Gasteiger partial charge on any atom is 0.406 e. The lowest BCUT2D eigenvalue weighted by atomic mass is 9.96. The van der Waals surface area contributed by atoms with Gasteiger partial charge >= 0.3 is 6.18 Å². The molecule has 11 heteroatoms. The first kappa shape index (κ1) is 23.0. The molecule has 30 heavy (non-hydrogen) atoms. The van der Waals surface area contributed by atoms with E-state index in [4.69, 9.17) is 0 Å². The highest BCUT2D eigenvalue weighted by Gasteiger charge is 2.36. The van der Waals surface area contributed by atoms with Crippen molar-refractivity contribution in [2.45, 2.75) is 33.9 Å². The van der Waals surface area contributed by atoms with Gasteiger partial charge in [0.2, 0.25) is 5.43 Å². The Bertz CT molecular complexity index is 1010. The Morgan fingerprint density at radius 1 is 1.20 bits per heavy atom. The summed E-state index contributed by atoms with van der Waals surface area (Å²) in [6.07, 6.45) is -4.68. The van der Waals surface area contributed by atoms with Gasteiger partial charge in [0.05, 0.1) is 4.92 Å². The molecule has 0 atom stereocenters. The summed E-state index contributed by atoms with van der Waals surface area (Å²) in [4.78, 5) is 36.4. The second kappa shape index (κ2) is 8.25. The lowest BCUT2D eigenvalue weighted by Gasteiger charge is -2.30. The number of halogens is 3. The van der Waals surface area contributed by atoms with Gasteiger partial charge in [-0.15, -0.1) is 0 Å². The average molecular weight is 426 g/mol. The lowest BCUT2D eigenvalue weighted by molar-refractivity contribution is -0.384. The summed E-state index contributed by atoms with van der Waals surface area (Å²) >= 11 is 0. The van der Waals surface area contributed by atoms with Crippen molar-refractivity contribution < 1.29 is 22.9 Å². The van der Waals surface area contributed by atoms with Crippen molar-refractivity contribution in [3.8, 4) is 5.69 Å². The molecule has 1 aromatic carbocycles. The zero-order valence-electron chi connectivity index (χ0n) is 16.9. The normalized spacial score (nSPS) is 12.0. The third kappa shape index (κ3) is 5.65. The fraction of sp³-hybridized carbons (Fsp3) is 0.421. The maximum atomic E-state index is 13.0. The highest BCUT2D eigenvalue weighted by atomic mass is 19.4. The van der Waals surface area contributed by atoms with Crippen LogP contribution in [0, 0.1) is 22.5 Å². The van der Waals surface area contributed by atoms with Gasteiger partial charge in [0.1, 0.15) is 12.2 Å². The van der Waals surface area contributed by atoms with Crippen LogP contribution >= 0.6 is 0 Å². The highest BCUT2D eigenvalue weighted by molar-refractivity contribution is 5.92. The Balaban J connectivity index is 2.61. The number of hydrogen-bond donors (Lipinski definition) is 0. The first-order chi connectivity index (χ1) is 13.7. The summed E-state index contributed by atoms with van der Waals surface area (Å²) < 4.78 is 40.1. The van der Waals surface area contributed by atoms with Crippen LogP contribution < -0.4 is 5.43 Å². The third-order valence-electron chi connectivity index (χ3n) is 3.94. The van der Waals surface area contributed by atoms with Gasteiger partial charge in [0.25, 0.3) is 11.6 Å². The van der Waals surface area contributed by atoms with E-state index in [1.165, 1.54) is 31.2 Å². The van der Waals surface area contributed by atoms with Gasteiger partial charge in [-0.05, 0) is 18.4 Å². The second-order valence-corrected chi connectivity index (χ2v) is 7.99. The van der Waals surface area contributed by atoms with Crippen LogP contribution in [0.5, 0.6) is 0 Å². The summed E-state index contributed by atoms with van der Waals surface area (Å²) in [6, 6.07) is 6.52. The zero-order valence-corrected chi connectivity index (χ0v) is 16.9. The number of alkyl halides is 3. The molecule has 0 spiro atoms. The molecule has 0 aliphatic carbocycles. The van der Waals surface area contributed by atoms with Crippen molar-refractivity contribution in [3.63, 3.8) is 0 Å². The number of para-hydroxylation sites is 2. The number of benzene rings is 1. The van der Waals surface area contributed by atoms with Crippen molar-refractivity contribution in [2.24, 2.45) is 5.41 Å². The molecule has 0 saturated carbocycles. The number of carbonyl (C=O) groups is 1. The number of nitro benzene ring substituents is 1. The average Bonchev–Trinajstić information content (AvgIpc) is 2.58. The molecule has 0 N–H and O–H groups in total. The number of nitro groups is 1.